The van der Waals surface area contributed by atoms with Gasteiger partial charge in [0.2, 0.25) is 0 Å². The summed E-state index contributed by atoms with van der Waals surface area (Å²) in [5, 5.41) is 18.4. The van der Waals surface area contributed by atoms with E-state index < -0.39 is 5.97 Å². The van der Waals surface area contributed by atoms with E-state index in [9.17, 15) is 9.90 Å². The minimum absolute atomic E-state index is 0. The number of carbonyl (C=O) groups is 1. The number of hydrogen-bond acceptors (Lipinski definition) is 4. The Labute approximate surface area is 124 Å². The molecule has 0 N–H and O–H groups in total. The summed E-state index contributed by atoms with van der Waals surface area (Å²) in [4.78, 5) is 10.3. The van der Waals surface area contributed by atoms with Crippen LogP contribution in [0.3, 0.4) is 0 Å². The van der Waals surface area contributed by atoms with Crippen molar-refractivity contribution in [1.29, 1.82) is 5.26 Å². The van der Waals surface area contributed by atoms with Crippen LogP contribution in [-0.2, 0) is 0 Å². The molecule has 0 bridgehead atoms. The largest absolute Gasteiger partial charge is 1.00 e. The van der Waals surface area contributed by atoms with Crippen LogP contribution in [-0.4, -0.2) is 5.97 Å². The molecule has 0 fully saturated rings. The Morgan fingerprint density at radius 3 is 2.31 bits per heavy atom. The van der Waals surface area contributed by atoms with Crippen molar-refractivity contribution in [1.82, 2.24) is 0 Å². The zero-order valence-corrected chi connectivity index (χ0v) is 11.9. The summed E-state index contributed by atoms with van der Waals surface area (Å²) < 4.78 is 4.43. The Morgan fingerprint density at radius 2 is 1.92 bits per heavy atom. The minimum Gasteiger partial charge on any atom is -0.545 e. The number of hydrogen-bond donors (Lipinski definition) is 0. The summed E-state index contributed by atoms with van der Waals surface area (Å²) in [5.74, 6) is -0.944. The van der Waals surface area contributed by atoms with Crippen molar-refractivity contribution >= 4 is 5.97 Å². The van der Waals surface area contributed by atoms with Gasteiger partial charge < -0.3 is 14.6 Å². The van der Waals surface area contributed by atoms with E-state index in [1.807, 2.05) is 0 Å². The molecule has 0 aliphatic rings. The van der Waals surface area contributed by atoms with Gasteiger partial charge in [0.15, 0.2) is 0 Å². The van der Waals surface area contributed by atoms with Gasteiger partial charge in [-0.25, -0.2) is 0 Å². The van der Waals surface area contributed by atoms with E-state index in [-0.39, 0.29) is 63.8 Å². The van der Waals surface area contributed by atoms with Gasteiger partial charge in [-0.15, -0.1) is 5.26 Å². The molecular weight excluding hydrogens is 244 g/mol. The molecule has 0 unspecified atom stereocenters. The summed E-state index contributed by atoms with van der Waals surface area (Å²) in [6.45, 7) is 0. The molecule has 0 aliphatic carbocycles. The maximum atomic E-state index is 10.3. The smallest absolute Gasteiger partial charge is 0.545 e. The van der Waals surface area contributed by atoms with E-state index in [0.29, 0.717) is 5.75 Å². The van der Waals surface area contributed by atoms with Crippen LogP contribution < -0.4 is 68.0 Å². The SMILES string of the molecule is N#COc1ccc(C(=O)[O-])cc1.[Rb+]. The van der Waals surface area contributed by atoms with Gasteiger partial charge in [0.1, 0.15) is 5.75 Å². The van der Waals surface area contributed by atoms with Crippen LogP contribution in [0.2, 0.25) is 0 Å². The second-order valence-corrected chi connectivity index (χ2v) is 2.01. The number of carboxylic acid groups (broad SMARTS) is 1. The first-order valence-electron chi connectivity index (χ1n) is 3.11. The number of ether oxygens (including phenoxy) is 1. The summed E-state index contributed by atoms with van der Waals surface area (Å²) in [5.41, 5.74) is 0.0558. The van der Waals surface area contributed by atoms with Crippen LogP contribution in [0.1, 0.15) is 10.4 Å². The zero-order chi connectivity index (χ0) is 8.97. The fourth-order valence-electron chi connectivity index (χ4n) is 0.712. The Hall–Kier alpha value is -0.215. The van der Waals surface area contributed by atoms with Crippen molar-refractivity contribution < 1.29 is 72.8 Å². The first-order valence-corrected chi connectivity index (χ1v) is 3.11. The van der Waals surface area contributed by atoms with Gasteiger partial charge in [0.25, 0.3) is 6.26 Å². The van der Waals surface area contributed by atoms with Crippen molar-refractivity contribution in [3.8, 4) is 12.0 Å². The molecule has 0 aromatic heterocycles. The molecule has 0 radical (unpaired) electrons. The second kappa shape index (κ2) is 6.27. The van der Waals surface area contributed by atoms with Crippen LogP contribution in [0.15, 0.2) is 24.3 Å². The van der Waals surface area contributed by atoms with E-state index in [0.717, 1.165) is 0 Å². The van der Waals surface area contributed by atoms with Gasteiger partial charge in [-0.1, -0.05) is 0 Å². The molecule has 13 heavy (non-hydrogen) atoms. The monoisotopic (exact) mass is 247 g/mol. The molecule has 0 saturated carbocycles. The molecule has 0 heterocycles. The number of rotatable bonds is 2. The molecule has 1 rings (SSSR count). The third-order valence-electron chi connectivity index (χ3n) is 1.25. The van der Waals surface area contributed by atoms with Crippen LogP contribution >= 0.6 is 0 Å². The average Bonchev–Trinajstić information content (AvgIpc) is 2.06. The fraction of sp³-hybridized carbons (Fsp3) is 0. The van der Waals surface area contributed by atoms with Crippen molar-refractivity contribution in [2.75, 3.05) is 0 Å². The molecule has 0 atom stereocenters. The predicted octanol–water partition coefficient (Wildman–Crippen LogP) is -3.09. The third kappa shape index (κ3) is 4.01. The van der Waals surface area contributed by atoms with E-state index in [1.165, 1.54) is 30.5 Å². The standard InChI is InChI=1S/C8H5NO3.Rb/c9-5-12-7-3-1-6(2-4-7)8(10)11;/h1-4H,(H,10,11);/q;+1/p-1. The Balaban J connectivity index is 0.00000144. The van der Waals surface area contributed by atoms with E-state index >= 15 is 0 Å². The molecule has 5 heteroatoms. The molecule has 0 spiro atoms. The first kappa shape index (κ1) is 12.8. The molecule has 1 aromatic rings. The van der Waals surface area contributed by atoms with Crippen LogP contribution in [0.25, 0.3) is 0 Å². The van der Waals surface area contributed by atoms with Crippen LogP contribution in [0, 0.1) is 11.5 Å². The average molecular weight is 248 g/mol. The fourth-order valence-corrected chi connectivity index (χ4v) is 0.712. The maximum absolute atomic E-state index is 10.3. The molecule has 0 saturated heterocycles. The molecular formula is C8H4NO3Rb. The van der Waals surface area contributed by atoms with E-state index in [4.69, 9.17) is 5.26 Å². The molecule has 1 aromatic carbocycles. The first-order chi connectivity index (χ1) is 5.74. The maximum Gasteiger partial charge on any atom is 1.00 e. The number of aromatic carboxylic acids is 1. The van der Waals surface area contributed by atoms with Crippen molar-refractivity contribution in [3.63, 3.8) is 0 Å². The van der Waals surface area contributed by atoms with Crippen LogP contribution in [0.4, 0.5) is 0 Å². The Bertz CT molecular complexity index is 328. The van der Waals surface area contributed by atoms with Gasteiger partial charge in [-0.05, 0) is 29.8 Å². The number of carboxylic acids is 1. The Kier molecular flexibility index (Phi) is 6.17. The Morgan fingerprint density at radius 1 is 1.38 bits per heavy atom. The predicted molar refractivity (Wildman–Crippen MR) is 37.0 cm³/mol. The third-order valence-corrected chi connectivity index (χ3v) is 1.25. The summed E-state index contributed by atoms with van der Waals surface area (Å²) in [7, 11) is 0. The van der Waals surface area contributed by atoms with E-state index in [2.05, 4.69) is 4.74 Å². The topological polar surface area (TPSA) is 73.1 Å². The summed E-state index contributed by atoms with van der Waals surface area (Å²) in [6, 6.07) is 5.38. The van der Waals surface area contributed by atoms with Gasteiger partial charge in [-0.2, -0.15) is 0 Å². The quantitative estimate of drug-likeness (QED) is 0.520. The zero-order valence-electron chi connectivity index (χ0n) is 6.98. The number of benzene rings is 1. The number of nitrogens with zero attached hydrogens (tertiary/aromatic N) is 1. The molecule has 4 nitrogen and oxygen atoms in total. The summed E-state index contributed by atoms with van der Waals surface area (Å²) >= 11 is 0. The normalized spacial score (nSPS) is 7.92. The number of carbonyl (C=O) groups excluding carboxylic acids is 1. The number of nitriles is 1. The van der Waals surface area contributed by atoms with Gasteiger partial charge in [0.05, 0.1) is 5.97 Å². The van der Waals surface area contributed by atoms with Crippen molar-refractivity contribution in [3.05, 3.63) is 29.8 Å². The molecule has 0 amide bonds. The molecule has 0 aliphatic heterocycles. The van der Waals surface area contributed by atoms with Gasteiger partial charge in [-0.3, -0.25) is 0 Å². The second-order valence-electron chi connectivity index (χ2n) is 2.01. The van der Waals surface area contributed by atoms with Crippen LogP contribution in [0.5, 0.6) is 5.75 Å². The summed E-state index contributed by atoms with van der Waals surface area (Å²) in [6.07, 6.45) is 1.47. The molecule has 60 valence electrons. The minimum atomic E-state index is -1.25. The van der Waals surface area contributed by atoms with E-state index in [1.54, 1.807) is 0 Å². The van der Waals surface area contributed by atoms with Crippen molar-refractivity contribution in [2.45, 2.75) is 0 Å². The van der Waals surface area contributed by atoms with Crippen molar-refractivity contribution in [2.24, 2.45) is 0 Å². The van der Waals surface area contributed by atoms with Gasteiger partial charge >= 0.3 is 58.2 Å². The van der Waals surface area contributed by atoms with Gasteiger partial charge in [0, 0.05) is 0 Å².